The number of nitrogens with one attached hydrogen (secondary N) is 1. The van der Waals surface area contributed by atoms with Gasteiger partial charge in [0.25, 0.3) is 5.91 Å². The maximum atomic E-state index is 11.8. The second kappa shape index (κ2) is 4.97. The molecule has 1 unspecified atom stereocenters. The molecule has 5 nitrogen and oxygen atoms in total. The molecule has 0 spiro atoms. The smallest absolute Gasteiger partial charge is 0.335 e. The summed E-state index contributed by atoms with van der Waals surface area (Å²) in [4.78, 5) is 22.4. The van der Waals surface area contributed by atoms with Crippen LogP contribution in [-0.2, 0) is 4.74 Å². The second-order valence-electron chi connectivity index (χ2n) is 3.92. The van der Waals surface area contributed by atoms with Crippen molar-refractivity contribution < 1.29 is 19.4 Å². The van der Waals surface area contributed by atoms with Gasteiger partial charge >= 0.3 is 5.97 Å². The lowest BCUT2D eigenvalue weighted by Gasteiger charge is -2.10. The molecule has 1 aliphatic rings. The zero-order chi connectivity index (χ0) is 12.3. The van der Waals surface area contributed by atoms with E-state index >= 15 is 0 Å². The number of carboxylic acid groups (broad SMARTS) is 1. The highest BCUT2D eigenvalue weighted by atomic mass is 16.5. The molecule has 1 amide bonds. The first kappa shape index (κ1) is 11.6. The lowest BCUT2D eigenvalue weighted by molar-refractivity contribution is 0.0696. The molecular weight excluding hydrogens is 222 g/mol. The van der Waals surface area contributed by atoms with Crippen molar-refractivity contribution in [3.05, 3.63) is 35.4 Å². The Hall–Kier alpha value is -1.88. The Morgan fingerprint density at radius 2 is 1.88 bits per heavy atom. The minimum atomic E-state index is -0.999. The van der Waals surface area contributed by atoms with Crippen LogP contribution in [0, 0.1) is 0 Å². The van der Waals surface area contributed by atoms with Crippen LogP contribution in [0.2, 0.25) is 0 Å². The van der Waals surface area contributed by atoms with E-state index in [2.05, 4.69) is 5.32 Å². The summed E-state index contributed by atoms with van der Waals surface area (Å²) >= 11 is 0. The molecule has 0 aromatic heterocycles. The summed E-state index contributed by atoms with van der Waals surface area (Å²) < 4.78 is 5.15. The summed E-state index contributed by atoms with van der Waals surface area (Å²) in [6.07, 6.45) is 0.818. The summed E-state index contributed by atoms with van der Waals surface area (Å²) in [7, 11) is 0. The number of ether oxygens (including phenoxy) is 1. The third kappa shape index (κ3) is 2.82. The number of hydrogen-bond donors (Lipinski definition) is 2. The van der Waals surface area contributed by atoms with E-state index in [4.69, 9.17) is 9.84 Å². The van der Waals surface area contributed by atoms with Gasteiger partial charge in [-0.2, -0.15) is 0 Å². The van der Waals surface area contributed by atoms with Crippen molar-refractivity contribution in [1.82, 2.24) is 5.32 Å². The van der Waals surface area contributed by atoms with Crippen LogP contribution in [0.4, 0.5) is 0 Å². The monoisotopic (exact) mass is 235 g/mol. The highest BCUT2D eigenvalue weighted by Gasteiger charge is 2.18. The molecule has 0 saturated carbocycles. The van der Waals surface area contributed by atoms with Gasteiger partial charge in [-0.05, 0) is 30.7 Å². The molecule has 1 atom stereocenters. The number of rotatable bonds is 3. The van der Waals surface area contributed by atoms with Gasteiger partial charge in [-0.1, -0.05) is 0 Å². The van der Waals surface area contributed by atoms with Crippen molar-refractivity contribution in [2.45, 2.75) is 12.5 Å². The molecule has 2 N–H and O–H groups in total. The summed E-state index contributed by atoms with van der Waals surface area (Å²) in [6.45, 7) is 1.21. The van der Waals surface area contributed by atoms with Gasteiger partial charge in [-0.25, -0.2) is 4.79 Å². The third-order valence-corrected chi connectivity index (χ3v) is 2.66. The number of carbonyl (C=O) groups is 2. The van der Waals surface area contributed by atoms with Crippen molar-refractivity contribution in [2.75, 3.05) is 13.2 Å². The molecule has 17 heavy (non-hydrogen) atoms. The first-order valence-corrected chi connectivity index (χ1v) is 5.39. The fourth-order valence-electron chi connectivity index (χ4n) is 1.68. The molecular formula is C12H13NO4. The van der Waals surface area contributed by atoms with Gasteiger partial charge in [-0.15, -0.1) is 0 Å². The third-order valence-electron chi connectivity index (χ3n) is 2.66. The molecule has 0 bridgehead atoms. The first-order chi connectivity index (χ1) is 8.16. The van der Waals surface area contributed by atoms with Gasteiger partial charge in [0.15, 0.2) is 0 Å². The average Bonchev–Trinajstić information content (AvgIpc) is 2.82. The van der Waals surface area contributed by atoms with E-state index < -0.39 is 5.97 Å². The van der Waals surface area contributed by atoms with Crippen LogP contribution in [-0.4, -0.2) is 36.2 Å². The standard InChI is InChI=1S/C12H13NO4/c14-11(13-10-5-6-17-7-10)8-1-3-9(4-2-8)12(15)16/h1-4,10H,5-7H2,(H,13,14)(H,15,16). The zero-order valence-corrected chi connectivity index (χ0v) is 9.18. The van der Waals surface area contributed by atoms with E-state index in [1.165, 1.54) is 24.3 Å². The molecule has 0 aliphatic carbocycles. The summed E-state index contributed by atoms with van der Waals surface area (Å²) in [5.74, 6) is -1.20. The first-order valence-electron chi connectivity index (χ1n) is 5.39. The topological polar surface area (TPSA) is 75.6 Å². The second-order valence-corrected chi connectivity index (χ2v) is 3.92. The van der Waals surface area contributed by atoms with Crippen LogP contribution in [0.1, 0.15) is 27.1 Å². The van der Waals surface area contributed by atoms with Crippen LogP contribution < -0.4 is 5.32 Å². The predicted molar refractivity (Wildman–Crippen MR) is 60.1 cm³/mol. The number of carbonyl (C=O) groups excluding carboxylic acids is 1. The van der Waals surface area contributed by atoms with Crippen molar-refractivity contribution in [2.24, 2.45) is 0 Å². The normalized spacial score (nSPS) is 18.9. The molecule has 0 radical (unpaired) electrons. The number of hydrogen-bond acceptors (Lipinski definition) is 3. The van der Waals surface area contributed by atoms with Gasteiger partial charge in [0.05, 0.1) is 18.2 Å². The van der Waals surface area contributed by atoms with Crippen molar-refractivity contribution in [3.63, 3.8) is 0 Å². The van der Waals surface area contributed by atoms with Gasteiger partial charge in [0, 0.05) is 12.2 Å². The van der Waals surface area contributed by atoms with E-state index in [-0.39, 0.29) is 17.5 Å². The van der Waals surface area contributed by atoms with Crippen molar-refractivity contribution >= 4 is 11.9 Å². The Morgan fingerprint density at radius 1 is 1.24 bits per heavy atom. The Bertz CT molecular complexity index is 421. The fourth-order valence-corrected chi connectivity index (χ4v) is 1.68. The average molecular weight is 235 g/mol. The van der Waals surface area contributed by atoms with Crippen LogP contribution in [0.25, 0.3) is 0 Å². The largest absolute Gasteiger partial charge is 0.478 e. The molecule has 1 saturated heterocycles. The maximum absolute atomic E-state index is 11.8. The number of carboxylic acids is 1. The molecule has 5 heteroatoms. The highest BCUT2D eigenvalue weighted by Crippen LogP contribution is 2.07. The van der Waals surface area contributed by atoms with Gasteiger partial charge in [0.2, 0.25) is 0 Å². The van der Waals surface area contributed by atoms with Gasteiger partial charge < -0.3 is 15.2 Å². The summed E-state index contributed by atoms with van der Waals surface area (Å²) in [6, 6.07) is 5.91. The highest BCUT2D eigenvalue weighted by molar-refractivity contribution is 5.96. The molecule has 1 heterocycles. The lowest BCUT2D eigenvalue weighted by atomic mass is 10.1. The SMILES string of the molecule is O=C(O)c1ccc(C(=O)NC2CCOC2)cc1. The Morgan fingerprint density at radius 3 is 2.41 bits per heavy atom. The molecule has 1 aliphatic heterocycles. The van der Waals surface area contributed by atoms with Crippen LogP contribution >= 0.6 is 0 Å². The molecule has 1 fully saturated rings. The molecule has 1 aromatic carbocycles. The van der Waals surface area contributed by atoms with Gasteiger partial charge in [0.1, 0.15) is 0 Å². The van der Waals surface area contributed by atoms with E-state index in [1.807, 2.05) is 0 Å². The molecule has 2 rings (SSSR count). The fraction of sp³-hybridized carbons (Fsp3) is 0.333. The minimum Gasteiger partial charge on any atom is -0.478 e. The molecule has 90 valence electrons. The number of aromatic carboxylic acids is 1. The van der Waals surface area contributed by atoms with Crippen LogP contribution in [0.5, 0.6) is 0 Å². The zero-order valence-electron chi connectivity index (χ0n) is 9.18. The van der Waals surface area contributed by atoms with E-state index in [1.54, 1.807) is 0 Å². The number of benzene rings is 1. The van der Waals surface area contributed by atoms with E-state index in [9.17, 15) is 9.59 Å². The maximum Gasteiger partial charge on any atom is 0.335 e. The quantitative estimate of drug-likeness (QED) is 0.816. The van der Waals surface area contributed by atoms with Crippen LogP contribution in [0.3, 0.4) is 0 Å². The van der Waals surface area contributed by atoms with Crippen molar-refractivity contribution in [1.29, 1.82) is 0 Å². The van der Waals surface area contributed by atoms with E-state index in [0.29, 0.717) is 18.8 Å². The Balaban J connectivity index is 2.01. The predicted octanol–water partition coefficient (Wildman–Crippen LogP) is 0.903. The lowest BCUT2D eigenvalue weighted by Crippen LogP contribution is -2.34. The van der Waals surface area contributed by atoms with Gasteiger partial charge in [-0.3, -0.25) is 4.79 Å². The molecule has 1 aromatic rings. The summed E-state index contributed by atoms with van der Waals surface area (Å²) in [5, 5.41) is 11.6. The summed E-state index contributed by atoms with van der Waals surface area (Å²) in [5.41, 5.74) is 0.632. The minimum absolute atomic E-state index is 0.0571. The van der Waals surface area contributed by atoms with Crippen LogP contribution in [0.15, 0.2) is 24.3 Å². The number of amides is 1. The van der Waals surface area contributed by atoms with E-state index in [0.717, 1.165) is 6.42 Å². The Kier molecular flexibility index (Phi) is 3.39. The van der Waals surface area contributed by atoms with Crippen molar-refractivity contribution in [3.8, 4) is 0 Å². The Labute approximate surface area is 98.4 Å².